The van der Waals surface area contributed by atoms with Crippen LogP contribution in [-0.2, 0) is 4.79 Å². The molecule has 1 aliphatic rings. The Kier molecular flexibility index (Phi) is 6.41. The smallest absolute Gasteiger partial charge is 0.335 e. The number of aliphatic imine (C=N–C) groups is 1. The predicted octanol–water partition coefficient (Wildman–Crippen LogP) is 6.72. The first kappa shape index (κ1) is 21.5. The van der Waals surface area contributed by atoms with Crippen molar-refractivity contribution in [3.63, 3.8) is 0 Å². The number of carbonyl (C=O) groups is 2. The van der Waals surface area contributed by atoms with Gasteiger partial charge >= 0.3 is 5.97 Å². The summed E-state index contributed by atoms with van der Waals surface area (Å²) >= 11 is 8.11. The Morgan fingerprint density at radius 1 is 0.903 bits per heavy atom. The number of aromatic carboxylic acids is 1. The monoisotopic (exact) mass is 556 g/mol. The molecule has 0 spiro atoms. The second-order valence-corrected chi connectivity index (χ2v) is 9.37. The van der Waals surface area contributed by atoms with E-state index in [2.05, 4.69) is 31.9 Å². The fraction of sp³-hybridized carbons (Fsp3) is 0. The van der Waals surface area contributed by atoms with Crippen LogP contribution in [0.15, 0.2) is 91.6 Å². The molecule has 1 fully saturated rings. The van der Waals surface area contributed by atoms with Crippen LogP contribution in [0.3, 0.4) is 0 Å². The van der Waals surface area contributed by atoms with Crippen molar-refractivity contribution in [2.45, 2.75) is 0 Å². The molecule has 0 aromatic heterocycles. The molecule has 3 aromatic rings. The molecule has 1 saturated heterocycles. The van der Waals surface area contributed by atoms with E-state index < -0.39 is 5.97 Å². The Balaban J connectivity index is 1.73. The van der Waals surface area contributed by atoms with E-state index >= 15 is 0 Å². The largest absolute Gasteiger partial charge is 0.478 e. The van der Waals surface area contributed by atoms with Crippen molar-refractivity contribution in [3.05, 3.63) is 97.8 Å². The number of anilines is 1. The second kappa shape index (κ2) is 9.21. The summed E-state index contributed by atoms with van der Waals surface area (Å²) in [5.41, 5.74) is 2.37. The van der Waals surface area contributed by atoms with Crippen LogP contribution in [0.5, 0.6) is 0 Å². The lowest BCUT2D eigenvalue weighted by Crippen LogP contribution is -2.28. The minimum atomic E-state index is -0.990. The van der Waals surface area contributed by atoms with Crippen LogP contribution in [0, 0.1) is 0 Å². The summed E-state index contributed by atoms with van der Waals surface area (Å²) in [5, 5.41) is 9.62. The molecular formula is C23H14Br2N2O3S. The summed E-state index contributed by atoms with van der Waals surface area (Å²) in [6.07, 6.45) is 1.74. The molecule has 1 heterocycles. The van der Waals surface area contributed by atoms with E-state index in [1.54, 1.807) is 23.1 Å². The Labute approximate surface area is 199 Å². The van der Waals surface area contributed by atoms with Crippen LogP contribution in [0.4, 0.5) is 11.4 Å². The zero-order valence-electron chi connectivity index (χ0n) is 15.8. The van der Waals surface area contributed by atoms with Gasteiger partial charge in [-0.1, -0.05) is 44.0 Å². The van der Waals surface area contributed by atoms with Gasteiger partial charge in [0.25, 0.3) is 5.91 Å². The van der Waals surface area contributed by atoms with Gasteiger partial charge < -0.3 is 5.11 Å². The van der Waals surface area contributed by atoms with E-state index in [0.29, 0.717) is 15.8 Å². The molecule has 0 atom stereocenters. The Hall–Kier alpha value is -2.68. The Bertz CT molecular complexity index is 1210. The number of hydrogen-bond donors (Lipinski definition) is 1. The standard InChI is InChI=1S/C23H14Br2N2O3S/c24-16-5-9-18(10-6-16)26-23-27(19-11-7-17(25)8-12-19)21(28)20(31-23)13-14-1-3-15(4-2-14)22(29)30/h1-13H,(H,29,30)/b20-13-,26-23?. The molecule has 8 heteroatoms. The van der Waals surface area contributed by atoms with Gasteiger partial charge in [0, 0.05) is 8.95 Å². The quantitative estimate of drug-likeness (QED) is 0.361. The Morgan fingerprint density at radius 2 is 1.48 bits per heavy atom. The van der Waals surface area contributed by atoms with Gasteiger partial charge in [-0.15, -0.1) is 0 Å². The summed E-state index contributed by atoms with van der Waals surface area (Å²) in [6.45, 7) is 0. The molecule has 1 N–H and O–H groups in total. The normalized spacial score (nSPS) is 16.3. The molecule has 5 nitrogen and oxygen atoms in total. The summed E-state index contributed by atoms with van der Waals surface area (Å²) in [4.78, 5) is 31.1. The summed E-state index contributed by atoms with van der Waals surface area (Å²) in [5.74, 6) is -1.18. The Morgan fingerprint density at radius 3 is 2.06 bits per heavy atom. The minimum Gasteiger partial charge on any atom is -0.478 e. The van der Waals surface area contributed by atoms with Crippen LogP contribution in [0.25, 0.3) is 6.08 Å². The molecule has 1 amide bonds. The molecule has 1 aliphatic heterocycles. The van der Waals surface area contributed by atoms with Gasteiger partial charge in [0.15, 0.2) is 5.17 Å². The molecule has 154 valence electrons. The van der Waals surface area contributed by atoms with Gasteiger partial charge in [-0.25, -0.2) is 9.79 Å². The van der Waals surface area contributed by atoms with Crippen LogP contribution >= 0.6 is 43.6 Å². The molecule has 3 aromatic carbocycles. The number of rotatable bonds is 4. The third-order valence-corrected chi connectivity index (χ3v) is 6.42. The molecule has 0 bridgehead atoms. The van der Waals surface area contributed by atoms with Crippen molar-refractivity contribution in [1.29, 1.82) is 0 Å². The van der Waals surface area contributed by atoms with E-state index in [1.165, 1.54) is 23.9 Å². The summed E-state index contributed by atoms with van der Waals surface area (Å²) in [6, 6.07) is 21.4. The number of carboxylic acids is 1. The molecule has 31 heavy (non-hydrogen) atoms. The number of carboxylic acid groups (broad SMARTS) is 1. The molecule has 4 rings (SSSR count). The van der Waals surface area contributed by atoms with E-state index in [9.17, 15) is 9.59 Å². The minimum absolute atomic E-state index is 0.189. The number of thioether (sulfide) groups is 1. The van der Waals surface area contributed by atoms with Gasteiger partial charge in [0.1, 0.15) is 0 Å². The highest BCUT2D eigenvalue weighted by Gasteiger charge is 2.34. The van der Waals surface area contributed by atoms with E-state index in [1.807, 2.05) is 48.5 Å². The van der Waals surface area contributed by atoms with Crippen LogP contribution in [0.2, 0.25) is 0 Å². The van der Waals surface area contributed by atoms with Gasteiger partial charge in [0.2, 0.25) is 0 Å². The first-order chi connectivity index (χ1) is 14.9. The number of benzene rings is 3. The third-order valence-electron chi connectivity index (χ3n) is 4.40. The molecule has 0 unspecified atom stereocenters. The first-order valence-electron chi connectivity index (χ1n) is 9.08. The fourth-order valence-corrected chi connectivity index (χ4v) is 4.40. The van der Waals surface area contributed by atoms with Crippen molar-refractivity contribution in [2.24, 2.45) is 4.99 Å². The van der Waals surface area contributed by atoms with Crippen molar-refractivity contribution < 1.29 is 14.7 Å². The van der Waals surface area contributed by atoms with Crippen molar-refractivity contribution in [1.82, 2.24) is 0 Å². The van der Waals surface area contributed by atoms with Crippen molar-refractivity contribution >= 4 is 78.1 Å². The predicted molar refractivity (Wildman–Crippen MR) is 132 cm³/mol. The average Bonchev–Trinajstić information content (AvgIpc) is 3.05. The second-order valence-electron chi connectivity index (χ2n) is 6.53. The zero-order chi connectivity index (χ0) is 22.0. The molecule has 0 radical (unpaired) electrons. The maximum absolute atomic E-state index is 13.3. The van der Waals surface area contributed by atoms with Gasteiger partial charge in [-0.3, -0.25) is 9.69 Å². The summed E-state index contributed by atoms with van der Waals surface area (Å²) in [7, 11) is 0. The topological polar surface area (TPSA) is 70.0 Å². The molecular weight excluding hydrogens is 544 g/mol. The zero-order valence-corrected chi connectivity index (χ0v) is 19.8. The maximum Gasteiger partial charge on any atom is 0.335 e. The van der Waals surface area contributed by atoms with Crippen LogP contribution < -0.4 is 4.90 Å². The van der Waals surface area contributed by atoms with Gasteiger partial charge in [-0.2, -0.15) is 0 Å². The van der Waals surface area contributed by atoms with Crippen molar-refractivity contribution in [3.8, 4) is 0 Å². The van der Waals surface area contributed by atoms with E-state index in [0.717, 1.165) is 20.2 Å². The highest BCUT2D eigenvalue weighted by atomic mass is 79.9. The summed E-state index contributed by atoms with van der Waals surface area (Å²) < 4.78 is 1.86. The lowest BCUT2D eigenvalue weighted by molar-refractivity contribution is -0.113. The maximum atomic E-state index is 13.3. The highest BCUT2D eigenvalue weighted by molar-refractivity contribution is 9.10. The van der Waals surface area contributed by atoms with E-state index in [4.69, 9.17) is 10.1 Å². The van der Waals surface area contributed by atoms with Crippen molar-refractivity contribution in [2.75, 3.05) is 4.90 Å². The van der Waals surface area contributed by atoms with Crippen LogP contribution in [0.1, 0.15) is 15.9 Å². The number of hydrogen-bond acceptors (Lipinski definition) is 4. The highest BCUT2D eigenvalue weighted by Crippen LogP contribution is 2.37. The lowest BCUT2D eigenvalue weighted by Gasteiger charge is -2.15. The first-order valence-corrected chi connectivity index (χ1v) is 11.5. The van der Waals surface area contributed by atoms with Gasteiger partial charge in [0.05, 0.1) is 21.8 Å². The van der Waals surface area contributed by atoms with E-state index in [-0.39, 0.29) is 11.5 Å². The van der Waals surface area contributed by atoms with Gasteiger partial charge in [-0.05, 0) is 84.1 Å². The SMILES string of the molecule is O=C(O)c1ccc(/C=C2\SC(=Nc3ccc(Br)cc3)N(c3ccc(Br)cc3)C2=O)cc1. The molecule has 0 saturated carbocycles. The number of amidine groups is 1. The lowest BCUT2D eigenvalue weighted by atomic mass is 10.1. The van der Waals surface area contributed by atoms with Crippen LogP contribution in [-0.4, -0.2) is 22.2 Å². The number of nitrogens with zero attached hydrogens (tertiary/aromatic N) is 2. The third kappa shape index (κ3) is 4.98. The number of amides is 1. The number of carbonyl (C=O) groups excluding carboxylic acids is 1. The fourth-order valence-electron chi connectivity index (χ4n) is 2.87. The average molecular weight is 558 g/mol. The number of halogens is 2. The molecule has 0 aliphatic carbocycles.